The SMILES string of the molecule is Cc1cc2occ(CC(=O)N3CCC(CN)CC3)c2cc1C(C)C. The Kier molecular flexibility index (Phi) is 4.95. The van der Waals surface area contributed by atoms with Crippen molar-refractivity contribution in [3.8, 4) is 0 Å². The van der Waals surface area contributed by atoms with E-state index in [0.717, 1.165) is 49.0 Å². The Hall–Kier alpha value is -1.81. The number of carbonyl (C=O) groups excluding carboxylic acids is 1. The molecule has 4 nitrogen and oxygen atoms in total. The molecule has 2 N–H and O–H groups in total. The van der Waals surface area contributed by atoms with Gasteiger partial charge >= 0.3 is 0 Å². The van der Waals surface area contributed by atoms with Crippen LogP contribution in [0.3, 0.4) is 0 Å². The predicted octanol–water partition coefficient (Wildman–Crippen LogP) is 3.60. The van der Waals surface area contributed by atoms with Crippen molar-refractivity contribution in [1.82, 2.24) is 4.90 Å². The summed E-state index contributed by atoms with van der Waals surface area (Å²) in [5, 5.41) is 1.08. The van der Waals surface area contributed by atoms with Gasteiger partial charge < -0.3 is 15.1 Å². The van der Waals surface area contributed by atoms with E-state index in [1.165, 1.54) is 11.1 Å². The molecule has 1 aliphatic rings. The van der Waals surface area contributed by atoms with Gasteiger partial charge in [-0.2, -0.15) is 0 Å². The zero-order valence-corrected chi connectivity index (χ0v) is 15.0. The van der Waals surface area contributed by atoms with Crippen LogP contribution >= 0.6 is 0 Å². The molecule has 0 radical (unpaired) electrons. The second kappa shape index (κ2) is 6.98. The van der Waals surface area contributed by atoms with Gasteiger partial charge in [-0.3, -0.25) is 4.79 Å². The fourth-order valence-corrected chi connectivity index (χ4v) is 3.70. The van der Waals surface area contributed by atoms with Crippen molar-refractivity contribution in [3.05, 3.63) is 35.1 Å². The molecule has 1 aliphatic heterocycles. The molecule has 1 aromatic carbocycles. The van der Waals surface area contributed by atoms with E-state index in [-0.39, 0.29) is 5.91 Å². The monoisotopic (exact) mass is 328 g/mol. The summed E-state index contributed by atoms with van der Waals surface area (Å²) < 4.78 is 5.70. The first kappa shape index (κ1) is 17.0. The lowest BCUT2D eigenvalue weighted by Gasteiger charge is -2.31. The summed E-state index contributed by atoms with van der Waals surface area (Å²) in [5.74, 6) is 1.23. The zero-order chi connectivity index (χ0) is 17.3. The van der Waals surface area contributed by atoms with Gasteiger partial charge in [0.15, 0.2) is 0 Å². The quantitative estimate of drug-likeness (QED) is 0.933. The summed E-state index contributed by atoms with van der Waals surface area (Å²) in [7, 11) is 0. The third-order valence-electron chi connectivity index (χ3n) is 5.31. The number of benzene rings is 1. The number of likely N-dealkylation sites (tertiary alicyclic amines) is 1. The number of amides is 1. The van der Waals surface area contributed by atoms with E-state index in [1.54, 1.807) is 6.26 Å². The largest absolute Gasteiger partial charge is 0.464 e. The number of fused-ring (bicyclic) bond motifs is 1. The first-order valence-corrected chi connectivity index (χ1v) is 8.98. The maximum atomic E-state index is 12.6. The molecule has 1 aromatic heterocycles. The Morgan fingerprint density at radius 2 is 2.04 bits per heavy atom. The molecule has 2 aromatic rings. The van der Waals surface area contributed by atoms with Crippen molar-refractivity contribution in [2.75, 3.05) is 19.6 Å². The Morgan fingerprint density at radius 3 is 2.67 bits per heavy atom. The summed E-state index contributed by atoms with van der Waals surface area (Å²) in [6.07, 6.45) is 4.20. The standard InChI is InChI=1S/C20H28N2O2/c1-13(2)17-10-18-16(12-24-19(18)8-14(17)3)9-20(23)22-6-4-15(11-21)5-7-22/h8,10,12-13,15H,4-7,9,11,21H2,1-3H3. The average Bonchev–Trinajstić information content (AvgIpc) is 2.95. The molecule has 4 heteroatoms. The molecule has 2 heterocycles. The van der Waals surface area contributed by atoms with E-state index in [2.05, 4.69) is 32.9 Å². The molecule has 0 spiro atoms. The second-order valence-corrected chi connectivity index (χ2v) is 7.36. The first-order valence-electron chi connectivity index (χ1n) is 8.98. The van der Waals surface area contributed by atoms with Crippen LogP contribution in [0.5, 0.6) is 0 Å². The van der Waals surface area contributed by atoms with Crippen LogP contribution in [-0.2, 0) is 11.2 Å². The van der Waals surface area contributed by atoms with Crippen molar-refractivity contribution in [1.29, 1.82) is 0 Å². The van der Waals surface area contributed by atoms with Crippen LogP contribution in [-0.4, -0.2) is 30.4 Å². The van der Waals surface area contributed by atoms with Crippen molar-refractivity contribution in [2.45, 2.75) is 46.0 Å². The van der Waals surface area contributed by atoms with Crippen molar-refractivity contribution in [2.24, 2.45) is 11.7 Å². The number of nitrogens with two attached hydrogens (primary N) is 1. The summed E-state index contributed by atoms with van der Waals surface area (Å²) in [6.45, 7) is 8.89. The number of piperidine rings is 1. The Bertz CT molecular complexity index is 725. The molecular weight excluding hydrogens is 300 g/mol. The number of carbonyl (C=O) groups is 1. The van der Waals surface area contributed by atoms with Gasteiger partial charge in [-0.15, -0.1) is 0 Å². The normalized spacial score (nSPS) is 16.3. The van der Waals surface area contributed by atoms with Gasteiger partial charge in [-0.1, -0.05) is 13.8 Å². The van der Waals surface area contributed by atoms with Crippen LogP contribution < -0.4 is 5.73 Å². The van der Waals surface area contributed by atoms with Gasteiger partial charge in [0.1, 0.15) is 5.58 Å². The number of hydrogen-bond donors (Lipinski definition) is 1. The number of nitrogens with zero attached hydrogens (tertiary/aromatic N) is 1. The molecule has 0 atom stereocenters. The Morgan fingerprint density at radius 1 is 1.33 bits per heavy atom. The third-order valence-corrected chi connectivity index (χ3v) is 5.31. The molecule has 0 saturated carbocycles. The van der Waals surface area contributed by atoms with Gasteiger partial charge in [0.2, 0.25) is 5.91 Å². The van der Waals surface area contributed by atoms with Crippen LogP contribution in [0.4, 0.5) is 0 Å². The smallest absolute Gasteiger partial charge is 0.227 e. The van der Waals surface area contributed by atoms with Crippen molar-refractivity contribution < 1.29 is 9.21 Å². The molecule has 130 valence electrons. The van der Waals surface area contributed by atoms with Gasteiger partial charge in [0, 0.05) is 24.0 Å². The van der Waals surface area contributed by atoms with Crippen LogP contribution in [0.15, 0.2) is 22.8 Å². The van der Waals surface area contributed by atoms with E-state index in [4.69, 9.17) is 10.2 Å². The van der Waals surface area contributed by atoms with Crippen LogP contribution in [0, 0.1) is 12.8 Å². The van der Waals surface area contributed by atoms with Gasteiger partial charge in [-0.05, 0) is 61.4 Å². The molecule has 24 heavy (non-hydrogen) atoms. The highest BCUT2D eigenvalue weighted by molar-refractivity contribution is 5.88. The topological polar surface area (TPSA) is 59.5 Å². The van der Waals surface area contributed by atoms with Crippen LogP contribution in [0.25, 0.3) is 11.0 Å². The molecular formula is C20H28N2O2. The molecule has 0 bridgehead atoms. The summed E-state index contributed by atoms with van der Waals surface area (Å²) >= 11 is 0. The highest BCUT2D eigenvalue weighted by Crippen LogP contribution is 2.29. The average molecular weight is 328 g/mol. The van der Waals surface area contributed by atoms with E-state index in [1.807, 2.05) is 4.90 Å². The summed E-state index contributed by atoms with van der Waals surface area (Å²) in [4.78, 5) is 14.6. The molecule has 1 amide bonds. The maximum Gasteiger partial charge on any atom is 0.227 e. The highest BCUT2D eigenvalue weighted by Gasteiger charge is 2.23. The third kappa shape index (κ3) is 3.34. The minimum absolute atomic E-state index is 0.194. The molecule has 1 fully saturated rings. The van der Waals surface area contributed by atoms with E-state index in [0.29, 0.717) is 18.3 Å². The molecule has 0 aliphatic carbocycles. The van der Waals surface area contributed by atoms with Crippen molar-refractivity contribution in [3.63, 3.8) is 0 Å². The highest BCUT2D eigenvalue weighted by atomic mass is 16.3. The number of rotatable bonds is 4. The lowest BCUT2D eigenvalue weighted by Crippen LogP contribution is -2.40. The fourth-order valence-electron chi connectivity index (χ4n) is 3.70. The molecule has 1 saturated heterocycles. The number of furan rings is 1. The first-order chi connectivity index (χ1) is 11.5. The fraction of sp³-hybridized carbons (Fsp3) is 0.550. The van der Waals surface area contributed by atoms with Crippen LogP contribution in [0.1, 0.15) is 49.3 Å². The number of hydrogen-bond acceptors (Lipinski definition) is 3. The van der Waals surface area contributed by atoms with E-state index >= 15 is 0 Å². The van der Waals surface area contributed by atoms with Gasteiger partial charge in [-0.25, -0.2) is 0 Å². The van der Waals surface area contributed by atoms with E-state index < -0.39 is 0 Å². The van der Waals surface area contributed by atoms with Gasteiger partial charge in [0.05, 0.1) is 12.7 Å². The Labute approximate surface area is 144 Å². The van der Waals surface area contributed by atoms with E-state index in [9.17, 15) is 4.79 Å². The Balaban J connectivity index is 1.78. The lowest BCUT2D eigenvalue weighted by atomic mass is 9.94. The summed E-state index contributed by atoms with van der Waals surface area (Å²) in [5.41, 5.74) is 10.2. The minimum Gasteiger partial charge on any atom is -0.464 e. The zero-order valence-electron chi connectivity index (χ0n) is 15.0. The minimum atomic E-state index is 0.194. The maximum absolute atomic E-state index is 12.6. The predicted molar refractivity (Wildman–Crippen MR) is 97.1 cm³/mol. The molecule has 3 rings (SSSR count). The van der Waals surface area contributed by atoms with Gasteiger partial charge in [0.25, 0.3) is 0 Å². The van der Waals surface area contributed by atoms with Crippen LogP contribution in [0.2, 0.25) is 0 Å². The summed E-state index contributed by atoms with van der Waals surface area (Å²) in [6, 6.07) is 4.29. The van der Waals surface area contributed by atoms with Crippen molar-refractivity contribution >= 4 is 16.9 Å². The lowest BCUT2D eigenvalue weighted by molar-refractivity contribution is -0.131. The second-order valence-electron chi connectivity index (χ2n) is 7.36. The molecule has 0 unspecified atom stereocenters. The number of aryl methyl sites for hydroxylation is 1.